The molecule has 3 nitrogen and oxygen atoms in total. The van der Waals surface area contributed by atoms with Crippen molar-refractivity contribution in [3.63, 3.8) is 0 Å². The highest BCUT2D eigenvalue weighted by Crippen LogP contribution is 2.29. The van der Waals surface area contributed by atoms with Gasteiger partial charge in [-0.1, -0.05) is 30.3 Å². The number of hydrogen-bond acceptors (Lipinski definition) is 3. The summed E-state index contributed by atoms with van der Waals surface area (Å²) in [6.07, 6.45) is 3.66. The van der Waals surface area contributed by atoms with E-state index in [2.05, 4.69) is 34.6 Å². The Morgan fingerprint density at radius 2 is 1.95 bits per heavy atom. The molecule has 0 bridgehead atoms. The lowest BCUT2D eigenvalue weighted by Crippen LogP contribution is -2.30. The van der Waals surface area contributed by atoms with Crippen LogP contribution in [0.3, 0.4) is 0 Å². The van der Waals surface area contributed by atoms with E-state index in [1.54, 1.807) is 0 Å². The highest BCUT2D eigenvalue weighted by atomic mass is 16.3. The molecule has 1 fully saturated rings. The summed E-state index contributed by atoms with van der Waals surface area (Å²) in [4.78, 5) is 4.65. The number of hydrogen-bond donors (Lipinski definition) is 1. The maximum absolute atomic E-state index is 5.96. The molecule has 0 radical (unpaired) electrons. The molecule has 0 amide bonds. The summed E-state index contributed by atoms with van der Waals surface area (Å²) in [6.45, 7) is 2.27. The number of oxazole rings is 1. The van der Waals surface area contributed by atoms with Gasteiger partial charge in [-0.25, -0.2) is 4.98 Å². The van der Waals surface area contributed by atoms with Crippen LogP contribution in [0.2, 0.25) is 0 Å². The molecule has 3 aromatic rings. The largest absolute Gasteiger partial charge is 0.436 e. The van der Waals surface area contributed by atoms with Crippen LogP contribution >= 0.6 is 0 Å². The number of rotatable bonds is 3. The van der Waals surface area contributed by atoms with Crippen molar-refractivity contribution in [3.8, 4) is 11.5 Å². The van der Waals surface area contributed by atoms with Crippen LogP contribution in [0.15, 0.2) is 52.9 Å². The molecule has 1 aliphatic heterocycles. The minimum Gasteiger partial charge on any atom is -0.436 e. The Balaban J connectivity index is 1.68. The Labute approximate surface area is 130 Å². The fourth-order valence-corrected chi connectivity index (χ4v) is 3.30. The molecule has 1 atom stereocenters. The predicted octanol–water partition coefficient (Wildman–Crippen LogP) is 4.04. The van der Waals surface area contributed by atoms with Crippen LogP contribution in [0.25, 0.3) is 22.6 Å². The molecule has 2 aromatic carbocycles. The lowest BCUT2D eigenvalue weighted by Gasteiger charge is -2.23. The molecule has 3 heteroatoms. The third-order valence-corrected chi connectivity index (χ3v) is 4.45. The zero-order chi connectivity index (χ0) is 14.8. The summed E-state index contributed by atoms with van der Waals surface area (Å²) in [7, 11) is 0. The van der Waals surface area contributed by atoms with E-state index in [9.17, 15) is 0 Å². The molecule has 1 saturated heterocycles. The highest BCUT2D eigenvalue weighted by molar-refractivity contribution is 5.76. The van der Waals surface area contributed by atoms with Gasteiger partial charge in [-0.15, -0.1) is 0 Å². The fourth-order valence-electron chi connectivity index (χ4n) is 3.30. The molecule has 1 unspecified atom stereocenters. The average molecular weight is 292 g/mol. The normalized spacial score (nSPS) is 18.6. The predicted molar refractivity (Wildman–Crippen MR) is 88.7 cm³/mol. The summed E-state index contributed by atoms with van der Waals surface area (Å²) < 4.78 is 5.96. The van der Waals surface area contributed by atoms with Crippen LogP contribution in [-0.4, -0.2) is 18.1 Å². The van der Waals surface area contributed by atoms with E-state index in [0.717, 1.165) is 42.1 Å². The molecule has 4 rings (SSSR count). The Morgan fingerprint density at radius 1 is 1.09 bits per heavy atom. The Kier molecular flexibility index (Phi) is 3.65. The minimum atomic E-state index is 0.708. The molecule has 22 heavy (non-hydrogen) atoms. The molecular formula is C19H20N2O. The van der Waals surface area contributed by atoms with Crippen molar-refractivity contribution in [2.24, 2.45) is 5.92 Å². The molecular weight excluding hydrogens is 272 g/mol. The lowest BCUT2D eigenvalue weighted by atomic mass is 9.90. The monoisotopic (exact) mass is 292 g/mol. The number of aromatic nitrogens is 1. The zero-order valence-electron chi connectivity index (χ0n) is 12.6. The van der Waals surface area contributed by atoms with Gasteiger partial charge < -0.3 is 9.73 Å². The smallest absolute Gasteiger partial charge is 0.227 e. The molecule has 0 spiro atoms. The number of fused-ring (bicyclic) bond motifs is 1. The van der Waals surface area contributed by atoms with Crippen molar-refractivity contribution in [2.75, 3.05) is 13.1 Å². The van der Waals surface area contributed by atoms with Crippen molar-refractivity contribution in [3.05, 3.63) is 54.1 Å². The summed E-state index contributed by atoms with van der Waals surface area (Å²) in [5.41, 5.74) is 4.24. The van der Waals surface area contributed by atoms with Gasteiger partial charge in [-0.3, -0.25) is 0 Å². The Morgan fingerprint density at radius 3 is 2.82 bits per heavy atom. The van der Waals surface area contributed by atoms with E-state index in [4.69, 9.17) is 4.42 Å². The number of para-hydroxylation sites is 2. The van der Waals surface area contributed by atoms with Crippen molar-refractivity contribution < 1.29 is 4.42 Å². The van der Waals surface area contributed by atoms with Gasteiger partial charge >= 0.3 is 0 Å². The average Bonchev–Trinajstić information content (AvgIpc) is 3.00. The summed E-state index contributed by atoms with van der Waals surface area (Å²) in [5.74, 6) is 1.44. The van der Waals surface area contributed by atoms with Crippen molar-refractivity contribution in [2.45, 2.75) is 19.3 Å². The van der Waals surface area contributed by atoms with Crippen molar-refractivity contribution >= 4 is 11.1 Å². The Bertz CT molecular complexity index is 739. The standard InChI is InChI=1S/C19H20N2O/c1-2-8-16(15(7-1)12-14-6-5-11-20-13-14)19-21-17-9-3-4-10-18(17)22-19/h1-4,7-10,14,20H,5-6,11-13H2. The summed E-state index contributed by atoms with van der Waals surface area (Å²) in [5, 5.41) is 3.50. The number of benzene rings is 2. The van der Waals surface area contributed by atoms with Crippen LogP contribution < -0.4 is 5.32 Å². The van der Waals surface area contributed by atoms with Gasteiger partial charge in [0.15, 0.2) is 5.58 Å². The van der Waals surface area contributed by atoms with E-state index in [1.165, 1.54) is 18.4 Å². The topological polar surface area (TPSA) is 38.1 Å². The van der Waals surface area contributed by atoms with Crippen LogP contribution in [0, 0.1) is 5.92 Å². The van der Waals surface area contributed by atoms with Crippen LogP contribution in [0.4, 0.5) is 0 Å². The lowest BCUT2D eigenvalue weighted by molar-refractivity contribution is 0.376. The molecule has 2 heterocycles. The zero-order valence-corrected chi connectivity index (χ0v) is 12.6. The molecule has 0 aliphatic carbocycles. The van der Waals surface area contributed by atoms with Crippen LogP contribution in [0.5, 0.6) is 0 Å². The number of piperidine rings is 1. The van der Waals surface area contributed by atoms with E-state index >= 15 is 0 Å². The van der Waals surface area contributed by atoms with Gasteiger partial charge in [-0.05, 0) is 62.0 Å². The fraction of sp³-hybridized carbons (Fsp3) is 0.316. The molecule has 0 saturated carbocycles. The van der Waals surface area contributed by atoms with Gasteiger partial charge in [0.1, 0.15) is 5.52 Å². The van der Waals surface area contributed by atoms with Gasteiger partial charge in [0, 0.05) is 5.56 Å². The number of nitrogens with one attached hydrogen (secondary N) is 1. The van der Waals surface area contributed by atoms with Gasteiger partial charge in [-0.2, -0.15) is 0 Å². The van der Waals surface area contributed by atoms with E-state index in [1.807, 2.05) is 24.3 Å². The summed E-state index contributed by atoms with van der Waals surface area (Å²) in [6, 6.07) is 16.4. The first kappa shape index (κ1) is 13.5. The highest BCUT2D eigenvalue weighted by Gasteiger charge is 2.17. The third kappa shape index (κ3) is 2.64. The first-order valence-corrected chi connectivity index (χ1v) is 8.05. The second-order valence-corrected chi connectivity index (χ2v) is 6.06. The second-order valence-electron chi connectivity index (χ2n) is 6.06. The molecule has 112 valence electrons. The van der Waals surface area contributed by atoms with E-state index in [-0.39, 0.29) is 0 Å². The molecule has 1 aliphatic rings. The van der Waals surface area contributed by atoms with Gasteiger partial charge in [0.2, 0.25) is 5.89 Å². The third-order valence-electron chi connectivity index (χ3n) is 4.45. The minimum absolute atomic E-state index is 0.708. The van der Waals surface area contributed by atoms with Gasteiger partial charge in [0.25, 0.3) is 0 Å². The quantitative estimate of drug-likeness (QED) is 0.792. The second kappa shape index (κ2) is 5.93. The van der Waals surface area contributed by atoms with E-state index < -0.39 is 0 Å². The maximum Gasteiger partial charge on any atom is 0.227 e. The van der Waals surface area contributed by atoms with Crippen LogP contribution in [-0.2, 0) is 6.42 Å². The van der Waals surface area contributed by atoms with Gasteiger partial charge in [0.05, 0.1) is 0 Å². The summed E-state index contributed by atoms with van der Waals surface area (Å²) >= 11 is 0. The molecule has 1 N–H and O–H groups in total. The van der Waals surface area contributed by atoms with E-state index in [0.29, 0.717) is 5.92 Å². The SMILES string of the molecule is c1ccc(-c2nc3ccccc3o2)c(CC2CCCNC2)c1. The van der Waals surface area contributed by atoms with Crippen molar-refractivity contribution in [1.29, 1.82) is 0 Å². The number of nitrogens with zero attached hydrogens (tertiary/aromatic N) is 1. The van der Waals surface area contributed by atoms with Crippen LogP contribution in [0.1, 0.15) is 18.4 Å². The maximum atomic E-state index is 5.96. The Hall–Kier alpha value is -2.13. The van der Waals surface area contributed by atoms with Crippen molar-refractivity contribution in [1.82, 2.24) is 10.3 Å². The first-order valence-electron chi connectivity index (χ1n) is 8.05. The first-order chi connectivity index (χ1) is 10.9. The molecule has 1 aromatic heterocycles.